The van der Waals surface area contributed by atoms with Gasteiger partial charge in [-0.05, 0) is 73.6 Å². The summed E-state index contributed by atoms with van der Waals surface area (Å²) in [6.45, 7) is 8.23. The summed E-state index contributed by atoms with van der Waals surface area (Å²) in [6.07, 6.45) is 12.5. The summed E-state index contributed by atoms with van der Waals surface area (Å²) >= 11 is 3.70. The summed E-state index contributed by atoms with van der Waals surface area (Å²) in [7, 11) is 0. The van der Waals surface area contributed by atoms with E-state index < -0.39 is 0 Å². The van der Waals surface area contributed by atoms with E-state index in [1.54, 1.807) is 0 Å². The Morgan fingerprint density at radius 1 is 0.828 bits per heavy atom. The second-order valence-corrected chi connectivity index (χ2v) is 9.33. The van der Waals surface area contributed by atoms with Gasteiger partial charge in [0.05, 0.1) is 13.2 Å². The molecule has 29 heavy (non-hydrogen) atoms. The molecule has 0 fully saturated rings. The van der Waals surface area contributed by atoms with Gasteiger partial charge in [-0.3, -0.25) is 0 Å². The molecule has 2 aromatic rings. The average Bonchev–Trinajstić information content (AvgIpc) is 2.74. The highest BCUT2D eigenvalue weighted by Crippen LogP contribution is 2.30. The number of fused-ring (bicyclic) bond motifs is 1. The second kappa shape index (κ2) is 13.9. The molecule has 0 aliphatic rings. The van der Waals surface area contributed by atoms with Crippen LogP contribution in [0.15, 0.2) is 30.3 Å². The predicted molar refractivity (Wildman–Crippen MR) is 130 cm³/mol. The monoisotopic (exact) mass is 462 g/mol. The van der Waals surface area contributed by atoms with Crippen LogP contribution in [-0.4, -0.2) is 18.0 Å². The summed E-state index contributed by atoms with van der Waals surface area (Å²) in [5, 5.41) is 2.47. The summed E-state index contributed by atoms with van der Waals surface area (Å²) in [4.78, 5) is 0.641. The molecule has 0 saturated heterocycles. The fourth-order valence-electron chi connectivity index (χ4n) is 3.62. The van der Waals surface area contributed by atoms with Crippen LogP contribution in [0.1, 0.15) is 83.6 Å². The van der Waals surface area contributed by atoms with Crippen LogP contribution in [0.2, 0.25) is 0 Å². The predicted octanol–water partition coefficient (Wildman–Crippen LogP) is 8.61. The van der Waals surface area contributed by atoms with E-state index in [1.807, 2.05) is 0 Å². The summed E-state index contributed by atoms with van der Waals surface area (Å²) in [5.74, 6) is 1.98. The molecule has 0 aromatic heterocycles. The Hall–Kier alpha value is -1.22. The number of hydrogen-bond donors (Lipinski definition) is 0. The highest BCUT2D eigenvalue weighted by molar-refractivity contribution is 9.09. The van der Waals surface area contributed by atoms with Crippen LogP contribution in [0.3, 0.4) is 0 Å². The van der Waals surface area contributed by atoms with E-state index in [-0.39, 0.29) is 0 Å². The summed E-state index contributed by atoms with van der Waals surface area (Å²) in [5.41, 5.74) is 1.22. The Labute approximate surface area is 186 Å². The summed E-state index contributed by atoms with van der Waals surface area (Å²) in [6, 6.07) is 10.7. The Kier molecular flexibility index (Phi) is 11.5. The first-order valence-corrected chi connectivity index (χ1v) is 12.5. The largest absolute Gasteiger partial charge is 0.494 e. The molecule has 0 saturated carbocycles. The molecular formula is C26H39BrO2. The number of benzene rings is 2. The number of ether oxygens (including phenoxy) is 2. The first kappa shape index (κ1) is 24.1. The van der Waals surface area contributed by atoms with E-state index in [1.165, 1.54) is 67.7 Å². The number of unbranched alkanes of at least 4 members (excludes halogenated alkanes) is 6. The SMILES string of the molecule is CCCCCCCCOc1ccc2c(C)c(OCCCCC(Br)CC)ccc2c1. The van der Waals surface area contributed by atoms with Crippen LogP contribution in [-0.2, 0) is 0 Å². The van der Waals surface area contributed by atoms with Gasteiger partial charge in [0.25, 0.3) is 0 Å². The van der Waals surface area contributed by atoms with Gasteiger partial charge >= 0.3 is 0 Å². The van der Waals surface area contributed by atoms with Crippen molar-refractivity contribution < 1.29 is 9.47 Å². The van der Waals surface area contributed by atoms with Gasteiger partial charge in [-0.15, -0.1) is 0 Å². The van der Waals surface area contributed by atoms with Crippen molar-refractivity contribution in [2.75, 3.05) is 13.2 Å². The lowest BCUT2D eigenvalue weighted by molar-refractivity contribution is 0.303. The molecule has 162 valence electrons. The minimum atomic E-state index is 0.641. The standard InChI is InChI=1S/C26H39BrO2/c1-4-6-7-8-9-11-18-28-24-15-16-25-21(3)26(17-14-22(25)20-24)29-19-12-10-13-23(27)5-2/h14-17,20,23H,4-13,18-19H2,1-3H3. The lowest BCUT2D eigenvalue weighted by Gasteiger charge is -2.13. The van der Waals surface area contributed by atoms with Gasteiger partial charge < -0.3 is 9.47 Å². The number of hydrogen-bond acceptors (Lipinski definition) is 2. The minimum absolute atomic E-state index is 0.641. The molecule has 2 aromatic carbocycles. The van der Waals surface area contributed by atoms with Crippen LogP contribution in [0.5, 0.6) is 11.5 Å². The maximum Gasteiger partial charge on any atom is 0.122 e. The van der Waals surface area contributed by atoms with Crippen molar-refractivity contribution in [3.05, 3.63) is 35.9 Å². The molecule has 0 spiro atoms. The van der Waals surface area contributed by atoms with Crippen molar-refractivity contribution in [2.45, 2.75) is 89.8 Å². The van der Waals surface area contributed by atoms with Gasteiger partial charge in [0.1, 0.15) is 11.5 Å². The highest BCUT2D eigenvalue weighted by Gasteiger charge is 2.07. The van der Waals surface area contributed by atoms with Crippen LogP contribution in [0, 0.1) is 6.92 Å². The topological polar surface area (TPSA) is 18.5 Å². The smallest absolute Gasteiger partial charge is 0.122 e. The van der Waals surface area contributed by atoms with Crippen LogP contribution < -0.4 is 9.47 Å². The number of aryl methyl sites for hydroxylation is 1. The maximum atomic E-state index is 6.06. The highest BCUT2D eigenvalue weighted by atomic mass is 79.9. The van der Waals surface area contributed by atoms with Crippen molar-refractivity contribution in [3.8, 4) is 11.5 Å². The molecule has 0 heterocycles. The molecule has 0 N–H and O–H groups in total. The molecule has 0 bridgehead atoms. The van der Waals surface area contributed by atoms with Gasteiger partial charge in [-0.25, -0.2) is 0 Å². The van der Waals surface area contributed by atoms with Gasteiger partial charge in [0.15, 0.2) is 0 Å². The van der Waals surface area contributed by atoms with Crippen molar-refractivity contribution in [1.29, 1.82) is 0 Å². The fourth-order valence-corrected chi connectivity index (χ4v) is 3.94. The minimum Gasteiger partial charge on any atom is -0.494 e. The third-order valence-electron chi connectivity index (χ3n) is 5.59. The number of alkyl halides is 1. The van der Waals surface area contributed by atoms with Gasteiger partial charge in [0.2, 0.25) is 0 Å². The lowest BCUT2D eigenvalue weighted by atomic mass is 10.0. The Morgan fingerprint density at radius 3 is 2.34 bits per heavy atom. The Bertz CT molecular complexity index is 713. The molecule has 1 atom stereocenters. The van der Waals surface area contributed by atoms with Gasteiger partial charge in [0, 0.05) is 4.83 Å². The Morgan fingerprint density at radius 2 is 1.55 bits per heavy atom. The molecule has 0 aliphatic heterocycles. The molecule has 0 radical (unpaired) electrons. The molecule has 2 rings (SSSR count). The first-order valence-electron chi connectivity index (χ1n) is 11.6. The van der Waals surface area contributed by atoms with Crippen molar-refractivity contribution in [1.82, 2.24) is 0 Å². The van der Waals surface area contributed by atoms with Crippen molar-refractivity contribution >= 4 is 26.7 Å². The third kappa shape index (κ3) is 8.58. The van der Waals surface area contributed by atoms with E-state index in [4.69, 9.17) is 9.47 Å². The summed E-state index contributed by atoms with van der Waals surface area (Å²) < 4.78 is 12.0. The van der Waals surface area contributed by atoms with E-state index in [9.17, 15) is 0 Å². The Balaban J connectivity index is 1.80. The average molecular weight is 464 g/mol. The van der Waals surface area contributed by atoms with Gasteiger partial charge in [-0.2, -0.15) is 0 Å². The molecule has 1 unspecified atom stereocenters. The first-order chi connectivity index (χ1) is 14.2. The third-order valence-corrected chi connectivity index (χ3v) is 6.70. The lowest BCUT2D eigenvalue weighted by Crippen LogP contribution is -2.02. The second-order valence-electron chi connectivity index (χ2n) is 8.04. The quantitative estimate of drug-likeness (QED) is 0.194. The van der Waals surface area contributed by atoms with E-state index in [2.05, 4.69) is 67.0 Å². The molecule has 2 nitrogen and oxygen atoms in total. The molecular weight excluding hydrogens is 424 g/mol. The van der Waals surface area contributed by atoms with E-state index >= 15 is 0 Å². The molecule has 3 heteroatoms. The van der Waals surface area contributed by atoms with Crippen LogP contribution >= 0.6 is 15.9 Å². The zero-order chi connectivity index (χ0) is 20.9. The van der Waals surface area contributed by atoms with Crippen LogP contribution in [0.25, 0.3) is 10.8 Å². The number of halogens is 1. The normalized spacial score (nSPS) is 12.3. The van der Waals surface area contributed by atoms with Crippen molar-refractivity contribution in [3.63, 3.8) is 0 Å². The zero-order valence-corrected chi connectivity index (χ0v) is 20.2. The molecule has 0 amide bonds. The maximum absolute atomic E-state index is 6.06. The number of rotatable bonds is 15. The van der Waals surface area contributed by atoms with E-state index in [0.717, 1.165) is 37.6 Å². The van der Waals surface area contributed by atoms with Crippen LogP contribution in [0.4, 0.5) is 0 Å². The zero-order valence-electron chi connectivity index (χ0n) is 18.6. The van der Waals surface area contributed by atoms with Gasteiger partial charge in [-0.1, -0.05) is 74.0 Å². The fraction of sp³-hybridized carbons (Fsp3) is 0.615. The van der Waals surface area contributed by atoms with Crippen molar-refractivity contribution in [2.24, 2.45) is 0 Å². The molecule has 0 aliphatic carbocycles. The van der Waals surface area contributed by atoms with E-state index in [0.29, 0.717) is 4.83 Å².